The smallest absolute Gasteiger partial charge is 0.318 e. The Balaban J connectivity index is 2.04. The monoisotopic (exact) mass is 339 g/mol. The van der Waals surface area contributed by atoms with Crippen molar-refractivity contribution in [3.8, 4) is 0 Å². The first kappa shape index (κ1) is 18.9. The highest BCUT2D eigenvalue weighted by Crippen LogP contribution is 2.46. The van der Waals surface area contributed by atoms with Crippen molar-refractivity contribution in [1.29, 1.82) is 0 Å². The van der Waals surface area contributed by atoms with Gasteiger partial charge in [0.25, 0.3) is 0 Å². The number of nitrogens with one attached hydrogen (secondary N) is 1. The number of aliphatic hydroxyl groups is 1. The molecular formula is C17H29N3O4. The van der Waals surface area contributed by atoms with Crippen LogP contribution in [0.1, 0.15) is 40.0 Å². The van der Waals surface area contributed by atoms with E-state index in [9.17, 15) is 14.7 Å². The van der Waals surface area contributed by atoms with E-state index < -0.39 is 0 Å². The molecular weight excluding hydrogens is 310 g/mol. The van der Waals surface area contributed by atoms with Gasteiger partial charge in [0.2, 0.25) is 6.08 Å². The number of hydrogen-bond acceptors (Lipinski definition) is 5. The van der Waals surface area contributed by atoms with Gasteiger partial charge < -0.3 is 20.1 Å². The van der Waals surface area contributed by atoms with E-state index in [0.717, 1.165) is 19.3 Å². The van der Waals surface area contributed by atoms with Gasteiger partial charge in [0.15, 0.2) is 0 Å². The normalized spacial score (nSPS) is 32.8. The maximum atomic E-state index is 12.6. The number of carbonyl (C=O) groups is 1. The Bertz CT molecular complexity index is 504. The number of aliphatic hydroxyl groups excluding tert-OH is 1. The van der Waals surface area contributed by atoms with Crippen LogP contribution in [0.4, 0.5) is 4.79 Å². The molecule has 2 fully saturated rings. The number of hydrogen-bond donors (Lipinski definition) is 2. The van der Waals surface area contributed by atoms with E-state index in [2.05, 4.69) is 31.1 Å². The van der Waals surface area contributed by atoms with Gasteiger partial charge in [-0.25, -0.2) is 14.6 Å². The molecule has 2 rings (SSSR count). The molecule has 136 valence electrons. The van der Waals surface area contributed by atoms with Gasteiger partial charge in [0.05, 0.1) is 32.4 Å². The molecule has 2 aliphatic rings. The van der Waals surface area contributed by atoms with Crippen molar-refractivity contribution in [3.63, 3.8) is 0 Å². The van der Waals surface area contributed by atoms with E-state index in [1.165, 1.54) is 0 Å². The standard InChI is InChI=1S/C17H29N3O4/c1-16(2)6-13(7-17(3,10-16)11-18-12-22)19-15(23)20-4-5-24-9-14(20)8-21/h13-14,21H,4-11H2,1-3H3,(H,19,23). The fourth-order valence-corrected chi connectivity index (χ4v) is 4.41. The van der Waals surface area contributed by atoms with E-state index >= 15 is 0 Å². The summed E-state index contributed by atoms with van der Waals surface area (Å²) >= 11 is 0. The fourth-order valence-electron chi connectivity index (χ4n) is 4.41. The van der Waals surface area contributed by atoms with E-state index in [1.54, 1.807) is 11.0 Å². The molecule has 1 heterocycles. The summed E-state index contributed by atoms with van der Waals surface area (Å²) in [6, 6.07) is -0.419. The summed E-state index contributed by atoms with van der Waals surface area (Å²) in [6.45, 7) is 8.15. The highest BCUT2D eigenvalue weighted by atomic mass is 16.5. The first-order valence-corrected chi connectivity index (χ1v) is 8.58. The van der Waals surface area contributed by atoms with E-state index in [1.807, 2.05) is 0 Å². The molecule has 1 aliphatic heterocycles. The molecule has 2 N–H and O–H groups in total. The lowest BCUT2D eigenvalue weighted by Gasteiger charge is -2.46. The number of urea groups is 1. The molecule has 2 amide bonds. The van der Waals surface area contributed by atoms with Crippen molar-refractivity contribution in [1.82, 2.24) is 10.2 Å². The van der Waals surface area contributed by atoms with Gasteiger partial charge in [-0.1, -0.05) is 20.8 Å². The van der Waals surface area contributed by atoms with E-state index in [4.69, 9.17) is 4.74 Å². The molecule has 0 radical (unpaired) electrons. The lowest BCUT2D eigenvalue weighted by atomic mass is 9.62. The van der Waals surface area contributed by atoms with Crippen molar-refractivity contribution in [2.45, 2.75) is 52.1 Å². The summed E-state index contributed by atoms with van der Waals surface area (Å²) in [5.41, 5.74) is -0.0662. The minimum absolute atomic E-state index is 0.0234. The quantitative estimate of drug-likeness (QED) is 0.597. The molecule has 0 aromatic rings. The zero-order valence-corrected chi connectivity index (χ0v) is 14.9. The first-order valence-electron chi connectivity index (χ1n) is 8.58. The predicted octanol–water partition coefficient (Wildman–Crippen LogP) is 1.31. The van der Waals surface area contributed by atoms with Gasteiger partial charge in [0.1, 0.15) is 0 Å². The number of ether oxygens (including phenoxy) is 1. The molecule has 0 bridgehead atoms. The maximum absolute atomic E-state index is 12.6. The van der Waals surface area contributed by atoms with Crippen LogP contribution in [0.3, 0.4) is 0 Å². The summed E-state index contributed by atoms with van der Waals surface area (Å²) in [4.78, 5) is 28.6. The highest BCUT2D eigenvalue weighted by molar-refractivity contribution is 5.75. The fraction of sp³-hybridized carbons (Fsp3) is 0.882. The van der Waals surface area contributed by atoms with Gasteiger partial charge in [-0.05, 0) is 30.1 Å². The zero-order valence-electron chi connectivity index (χ0n) is 14.9. The first-order chi connectivity index (χ1) is 11.3. The summed E-state index contributed by atoms with van der Waals surface area (Å²) in [5.74, 6) is 0. The van der Waals surface area contributed by atoms with Gasteiger partial charge in [-0.15, -0.1) is 0 Å². The average molecular weight is 339 g/mol. The van der Waals surface area contributed by atoms with Crippen molar-refractivity contribution < 1.29 is 19.4 Å². The number of isocyanates is 1. The number of nitrogens with zero attached hydrogens (tertiary/aromatic N) is 2. The van der Waals surface area contributed by atoms with Crippen LogP contribution in [0.15, 0.2) is 4.99 Å². The molecule has 1 saturated carbocycles. The van der Waals surface area contributed by atoms with Crippen molar-refractivity contribution in [2.75, 3.05) is 32.9 Å². The summed E-state index contributed by atoms with van der Waals surface area (Å²) in [5, 5.41) is 12.5. The topological polar surface area (TPSA) is 91.2 Å². The summed E-state index contributed by atoms with van der Waals surface area (Å²) < 4.78 is 5.32. The Hall–Kier alpha value is -1.43. The van der Waals surface area contributed by atoms with Crippen LogP contribution in [-0.4, -0.2) is 67.1 Å². The highest BCUT2D eigenvalue weighted by Gasteiger charge is 2.42. The van der Waals surface area contributed by atoms with Crippen LogP contribution in [-0.2, 0) is 9.53 Å². The molecule has 3 atom stereocenters. The van der Waals surface area contributed by atoms with Crippen LogP contribution >= 0.6 is 0 Å². The number of amides is 2. The molecule has 24 heavy (non-hydrogen) atoms. The Labute approximate surface area is 143 Å². The number of aliphatic imine (C=N–C) groups is 1. The Morgan fingerprint density at radius 1 is 1.42 bits per heavy atom. The molecule has 3 unspecified atom stereocenters. The maximum Gasteiger partial charge on any atom is 0.318 e. The van der Waals surface area contributed by atoms with Crippen LogP contribution in [0, 0.1) is 10.8 Å². The van der Waals surface area contributed by atoms with Gasteiger partial charge in [-0.2, -0.15) is 0 Å². The number of carbonyl (C=O) groups excluding carboxylic acids is 2. The van der Waals surface area contributed by atoms with Gasteiger partial charge in [-0.3, -0.25) is 0 Å². The van der Waals surface area contributed by atoms with Crippen molar-refractivity contribution in [2.24, 2.45) is 15.8 Å². The molecule has 7 heteroatoms. The van der Waals surface area contributed by atoms with Crippen LogP contribution in [0.5, 0.6) is 0 Å². The molecule has 7 nitrogen and oxygen atoms in total. The zero-order chi connectivity index (χ0) is 17.8. The van der Waals surface area contributed by atoms with Crippen molar-refractivity contribution in [3.05, 3.63) is 0 Å². The lowest BCUT2D eigenvalue weighted by Crippen LogP contribution is -2.57. The predicted molar refractivity (Wildman–Crippen MR) is 89.4 cm³/mol. The van der Waals surface area contributed by atoms with Crippen LogP contribution in [0.25, 0.3) is 0 Å². The van der Waals surface area contributed by atoms with Gasteiger partial charge >= 0.3 is 6.03 Å². The molecule has 0 aromatic carbocycles. The third-order valence-electron chi connectivity index (χ3n) is 5.00. The summed E-state index contributed by atoms with van der Waals surface area (Å²) in [6.07, 6.45) is 4.24. The van der Waals surface area contributed by atoms with E-state index in [0.29, 0.717) is 26.3 Å². The molecule has 0 aromatic heterocycles. The lowest BCUT2D eigenvalue weighted by molar-refractivity contribution is -0.00987. The Morgan fingerprint density at radius 2 is 2.17 bits per heavy atom. The molecule has 0 spiro atoms. The molecule has 1 aliphatic carbocycles. The number of rotatable bonds is 4. The minimum atomic E-state index is -0.290. The Morgan fingerprint density at radius 3 is 2.83 bits per heavy atom. The minimum Gasteiger partial charge on any atom is -0.394 e. The second-order valence-corrected chi connectivity index (χ2v) is 8.22. The van der Waals surface area contributed by atoms with Crippen LogP contribution in [0.2, 0.25) is 0 Å². The van der Waals surface area contributed by atoms with Gasteiger partial charge in [0, 0.05) is 12.6 Å². The largest absolute Gasteiger partial charge is 0.394 e. The SMILES string of the molecule is CC1(C)CC(NC(=O)N2CCOCC2CO)CC(C)(CN=C=O)C1. The third kappa shape index (κ3) is 4.79. The second kappa shape index (κ2) is 7.64. The average Bonchev–Trinajstić information content (AvgIpc) is 2.51. The Kier molecular flexibility index (Phi) is 6.01. The van der Waals surface area contributed by atoms with E-state index in [-0.39, 0.29) is 35.6 Å². The third-order valence-corrected chi connectivity index (χ3v) is 5.00. The number of morpholine rings is 1. The summed E-state index contributed by atoms with van der Waals surface area (Å²) in [7, 11) is 0. The van der Waals surface area contributed by atoms with Crippen molar-refractivity contribution >= 4 is 12.1 Å². The van der Waals surface area contributed by atoms with Crippen LogP contribution < -0.4 is 5.32 Å². The molecule has 1 saturated heterocycles. The second-order valence-electron chi connectivity index (χ2n) is 8.22.